The third kappa shape index (κ3) is 2.19. The predicted molar refractivity (Wildman–Crippen MR) is 85.2 cm³/mol. The number of nitrogens with one attached hydrogen (secondary N) is 1. The van der Waals surface area contributed by atoms with Gasteiger partial charge in [0.05, 0.1) is 0 Å². The molecule has 3 saturated carbocycles. The molecule has 0 spiro atoms. The molecule has 0 radical (unpaired) electrons. The fourth-order valence-corrected chi connectivity index (χ4v) is 5.69. The molecule has 0 heterocycles. The maximum Gasteiger partial charge on any atom is 0.120 e. The summed E-state index contributed by atoms with van der Waals surface area (Å²) in [5.41, 5.74) is 2.28. The van der Waals surface area contributed by atoms with Crippen molar-refractivity contribution in [2.75, 3.05) is 0 Å². The van der Waals surface area contributed by atoms with Gasteiger partial charge in [0.25, 0.3) is 0 Å². The van der Waals surface area contributed by atoms with E-state index in [-0.39, 0.29) is 6.04 Å². The average molecular weight is 285 g/mol. The smallest absolute Gasteiger partial charge is 0.120 e. The van der Waals surface area contributed by atoms with E-state index in [0.717, 1.165) is 29.2 Å². The van der Waals surface area contributed by atoms with Crippen molar-refractivity contribution in [2.45, 2.75) is 58.0 Å². The molecule has 1 aromatic carbocycles. The lowest BCUT2D eigenvalue weighted by molar-refractivity contribution is 0.199. The number of aromatic hydroxyl groups is 1. The minimum absolute atomic E-state index is 0.245. The molecule has 114 valence electrons. The summed E-state index contributed by atoms with van der Waals surface area (Å²) in [6.45, 7) is 4.29. The largest absolute Gasteiger partial charge is 0.508 e. The van der Waals surface area contributed by atoms with Crippen LogP contribution in [0.3, 0.4) is 0 Å². The molecule has 3 fully saturated rings. The van der Waals surface area contributed by atoms with Crippen molar-refractivity contribution in [3.63, 3.8) is 0 Å². The summed E-state index contributed by atoms with van der Waals surface area (Å²) in [6.07, 6.45) is 7.24. The fraction of sp³-hybridized carbons (Fsp3) is 0.684. The highest BCUT2D eigenvalue weighted by Crippen LogP contribution is 2.58. The summed E-state index contributed by atoms with van der Waals surface area (Å²) >= 11 is 0. The van der Waals surface area contributed by atoms with Gasteiger partial charge in [-0.05, 0) is 69.3 Å². The Balaban J connectivity index is 1.48. The third-order valence-electron chi connectivity index (χ3n) is 6.54. The van der Waals surface area contributed by atoms with E-state index in [1.807, 2.05) is 12.1 Å². The number of phenols is 1. The van der Waals surface area contributed by atoms with Crippen LogP contribution in [0.25, 0.3) is 0 Å². The Morgan fingerprint density at radius 2 is 1.95 bits per heavy atom. The fourth-order valence-electron chi connectivity index (χ4n) is 5.69. The molecule has 0 aromatic heterocycles. The number of fused-ring (bicyclic) bond motifs is 5. The first-order valence-electron chi connectivity index (χ1n) is 8.69. The minimum Gasteiger partial charge on any atom is -0.508 e. The average Bonchev–Trinajstić information content (AvgIpc) is 3.13. The molecule has 21 heavy (non-hydrogen) atoms. The Hall–Kier alpha value is -1.02. The molecule has 4 rings (SSSR count). The van der Waals surface area contributed by atoms with Gasteiger partial charge < -0.3 is 10.4 Å². The van der Waals surface area contributed by atoms with E-state index >= 15 is 0 Å². The van der Waals surface area contributed by atoms with E-state index < -0.39 is 0 Å². The van der Waals surface area contributed by atoms with Gasteiger partial charge in [-0.2, -0.15) is 0 Å². The van der Waals surface area contributed by atoms with Gasteiger partial charge in [0.15, 0.2) is 0 Å². The van der Waals surface area contributed by atoms with Crippen molar-refractivity contribution < 1.29 is 5.11 Å². The van der Waals surface area contributed by atoms with Gasteiger partial charge >= 0.3 is 0 Å². The van der Waals surface area contributed by atoms with E-state index in [0.29, 0.717) is 11.8 Å². The Kier molecular flexibility index (Phi) is 3.25. The first-order valence-corrected chi connectivity index (χ1v) is 8.69. The standard InChI is InChI=1S/C19H27NO/c1-11-6-7-19(21)16(8-11)12(2)20-18-10-13-9-17(18)15-5-3-4-14(13)15/h6-8,12-15,17-18,20-21H,3-5,9-10H2,1-2H3. The van der Waals surface area contributed by atoms with E-state index in [2.05, 4.69) is 25.2 Å². The van der Waals surface area contributed by atoms with Crippen LogP contribution in [0, 0.1) is 30.6 Å². The van der Waals surface area contributed by atoms with Crippen LogP contribution < -0.4 is 5.32 Å². The molecule has 2 bridgehead atoms. The molecule has 2 heteroatoms. The number of phenolic OH excluding ortho intramolecular Hbond substituents is 1. The summed E-state index contributed by atoms with van der Waals surface area (Å²) < 4.78 is 0. The second-order valence-electron chi connectivity index (χ2n) is 7.71. The molecular formula is C19H27NO. The monoisotopic (exact) mass is 285 g/mol. The lowest BCUT2D eigenvalue weighted by Crippen LogP contribution is -2.40. The Labute approximate surface area is 128 Å². The second-order valence-corrected chi connectivity index (χ2v) is 7.71. The highest BCUT2D eigenvalue weighted by molar-refractivity contribution is 5.37. The molecular weight excluding hydrogens is 258 g/mol. The first kappa shape index (κ1) is 13.6. The van der Waals surface area contributed by atoms with Crippen molar-refractivity contribution >= 4 is 0 Å². The summed E-state index contributed by atoms with van der Waals surface area (Å²) in [4.78, 5) is 0. The molecule has 6 atom stereocenters. The van der Waals surface area contributed by atoms with Gasteiger partial charge in [0.1, 0.15) is 5.75 Å². The maximum absolute atomic E-state index is 10.1. The Morgan fingerprint density at radius 3 is 2.81 bits per heavy atom. The van der Waals surface area contributed by atoms with Crippen LogP contribution in [0.1, 0.15) is 56.2 Å². The maximum atomic E-state index is 10.1. The van der Waals surface area contributed by atoms with Gasteiger partial charge in [-0.3, -0.25) is 0 Å². The zero-order valence-corrected chi connectivity index (χ0v) is 13.2. The summed E-state index contributed by atoms with van der Waals surface area (Å²) in [7, 11) is 0. The minimum atomic E-state index is 0.245. The molecule has 0 saturated heterocycles. The van der Waals surface area contributed by atoms with Gasteiger partial charge in [0.2, 0.25) is 0 Å². The normalized spacial score (nSPS) is 38.7. The number of hydrogen-bond donors (Lipinski definition) is 2. The zero-order valence-electron chi connectivity index (χ0n) is 13.2. The SMILES string of the molecule is Cc1ccc(O)c(C(C)NC2CC3CC2C2CCCC32)c1. The van der Waals surface area contributed by atoms with Crippen molar-refractivity contribution in [1.82, 2.24) is 5.32 Å². The van der Waals surface area contributed by atoms with Gasteiger partial charge in [0, 0.05) is 17.6 Å². The quantitative estimate of drug-likeness (QED) is 0.873. The third-order valence-corrected chi connectivity index (χ3v) is 6.54. The van der Waals surface area contributed by atoms with Crippen LogP contribution in [0.15, 0.2) is 18.2 Å². The lowest BCUT2D eigenvalue weighted by atomic mass is 9.79. The molecule has 3 aliphatic carbocycles. The van der Waals surface area contributed by atoms with Crippen LogP contribution in [0.4, 0.5) is 0 Å². The molecule has 6 unspecified atom stereocenters. The molecule has 2 nitrogen and oxygen atoms in total. The predicted octanol–water partition coefficient (Wildman–Crippen LogP) is 4.18. The van der Waals surface area contributed by atoms with E-state index in [4.69, 9.17) is 0 Å². The van der Waals surface area contributed by atoms with Crippen molar-refractivity contribution in [3.8, 4) is 5.75 Å². The highest BCUT2D eigenvalue weighted by Gasteiger charge is 2.53. The summed E-state index contributed by atoms with van der Waals surface area (Å²) in [5, 5.41) is 14.0. The van der Waals surface area contributed by atoms with Crippen LogP contribution in [0.5, 0.6) is 5.75 Å². The van der Waals surface area contributed by atoms with Gasteiger partial charge in [-0.1, -0.05) is 24.1 Å². The number of benzene rings is 1. The molecule has 0 aliphatic heterocycles. The number of hydrogen-bond acceptors (Lipinski definition) is 2. The van der Waals surface area contributed by atoms with Crippen LogP contribution in [0.2, 0.25) is 0 Å². The summed E-state index contributed by atoms with van der Waals surface area (Å²) in [6, 6.07) is 6.85. The van der Waals surface area contributed by atoms with E-state index in [9.17, 15) is 5.11 Å². The van der Waals surface area contributed by atoms with Crippen molar-refractivity contribution in [1.29, 1.82) is 0 Å². The molecule has 3 aliphatic rings. The van der Waals surface area contributed by atoms with Crippen LogP contribution >= 0.6 is 0 Å². The molecule has 1 aromatic rings. The zero-order chi connectivity index (χ0) is 14.6. The number of aryl methyl sites for hydroxylation is 1. The lowest BCUT2D eigenvalue weighted by Gasteiger charge is -2.34. The highest BCUT2D eigenvalue weighted by atomic mass is 16.3. The topological polar surface area (TPSA) is 32.3 Å². The van der Waals surface area contributed by atoms with E-state index in [1.165, 1.54) is 37.7 Å². The van der Waals surface area contributed by atoms with Crippen LogP contribution in [-0.2, 0) is 0 Å². The Bertz CT molecular complexity index is 540. The Morgan fingerprint density at radius 1 is 1.14 bits per heavy atom. The van der Waals surface area contributed by atoms with Crippen molar-refractivity contribution in [3.05, 3.63) is 29.3 Å². The summed E-state index contributed by atoms with van der Waals surface area (Å²) in [5.74, 6) is 4.37. The second kappa shape index (κ2) is 5.01. The number of rotatable bonds is 3. The van der Waals surface area contributed by atoms with E-state index in [1.54, 1.807) is 0 Å². The first-order chi connectivity index (χ1) is 10.1. The molecule has 0 amide bonds. The molecule has 2 N–H and O–H groups in total. The van der Waals surface area contributed by atoms with Gasteiger partial charge in [-0.15, -0.1) is 0 Å². The van der Waals surface area contributed by atoms with Crippen LogP contribution in [-0.4, -0.2) is 11.1 Å². The van der Waals surface area contributed by atoms with Gasteiger partial charge in [-0.25, -0.2) is 0 Å². The van der Waals surface area contributed by atoms with Crippen molar-refractivity contribution in [2.24, 2.45) is 23.7 Å².